The van der Waals surface area contributed by atoms with E-state index in [1.165, 1.54) is 0 Å². The van der Waals surface area contributed by atoms with Crippen molar-refractivity contribution in [1.82, 2.24) is 10.3 Å². The van der Waals surface area contributed by atoms with Gasteiger partial charge < -0.3 is 16.0 Å². The average Bonchev–Trinajstić information content (AvgIpc) is 2.65. The van der Waals surface area contributed by atoms with Gasteiger partial charge in [-0.1, -0.05) is 20.8 Å². The Morgan fingerprint density at radius 3 is 2.75 bits per heavy atom. The summed E-state index contributed by atoms with van der Waals surface area (Å²) in [5.41, 5.74) is 6.96. The van der Waals surface area contributed by atoms with Crippen LogP contribution in [0.4, 0.5) is 0 Å². The highest BCUT2D eigenvalue weighted by molar-refractivity contribution is 5.76. The molecule has 0 aliphatic rings. The van der Waals surface area contributed by atoms with Crippen LogP contribution in [-0.4, -0.2) is 16.9 Å². The molecule has 90 valence electrons. The summed E-state index contributed by atoms with van der Waals surface area (Å²) < 4.78 is 0. The van der Waals surface area contributed by atoms with Crippen LogP contribution in [0.5, 0.6) is 0 Å². The largest absolute Gasteiger partial charge is 0.367 e. The normalized spacial score (nSPS) is 13.5. The molecule has 0 bridgehead atoms. The summed E-state index contributed by atoms with van der Waals surface area (Å²) in [6.07, 6.45) is 4.07. The molecule has 4 N–H and O–H groups in total. The Balaban J connectivity index is 2.31. The van der Waals surface area contributed by atoms with Gasteiger partial charge in [0.05, 0.1) is 0 Å². The van der Waals surface area contributed by atoms with Crippen molar-refractivity contribution in [2.75, 3.05) is 0 Å². The smallest absolute Gasteiger partial charge is 0.221 e. The summed E-state index contributed by atoms with van der Waals surface area (Å²) in [4.78, 5) is 14.5. The van der Waals surface area contributed by atoms with Gasteiger partial charge in [-0.2, -0.15) is 0 Å². The Morgan fingerprint density at radius 1 is 1.56 bits per heavy atom. The summed E-state index contributed by atoms with van der Waals surface area (Å²) in [7, 11) is 0. The third-order valence-electron chi connectivity index (χ3n) is 2.67. The number of rotatable bonds is 4. The molecular formula is C12H21N3O. The first-order chi connectivity index (χ1) is 7.39. The number of amides is 1. The van der Waals surface area contributed by atoms with Gasteiger partial charge >= 0.3 is 0 Å². The molecule has 0 fully saturated rings. The number of nitrogens with two attached hydrogens (primary N) is 1. The number of hydrogen-bond acceptors (Lipinski definition) is 2. The molecule has 0 aromatic carbocycles. The molecule has 0 saturated carbocycles. The van der Waals surface area contributed by atoms with E-state index in [0.29, 0.717) is 13.0 Å². The molecular weight excluding hydrogens is 202 g/mol. The highest BCUT2D eigenvalue weighted by Crippen LogP contribution is 2.19. The van der Waals surface area contributed by atoms with Crippen LogP contribution in [0, 0.1) is 5.41 Å². The molecule has 1 rings (SSSR count). The van der Waals surface area contributed by atoms with E-state index in [1.54, 1.807) is 0 Å². The van der Waals surface area contributed by atoms with Crippen molar-refractivity contribution < 1.29 is 4.79 Å². The third-order valence-corrected chi connectivity index (χ3v) is 2.67. The molecule has 1 unspecified atom stereocenters. The molecule has 0 saturated heterocycles. The highest BCUT2D eigenvalue weighted by atomic mass is 16.1. The lowest BCUT2D eigenvalue weighted by molar-refractivity contribution is -0.122. The second-order valence-corrected chi connectivity index (χ2v) is 5.17. The molecule has 1 aromatic rings. The van der Waals surface area contributed by atoms with Crippen molar-refractivity contribution in [1.29, 1.82) is 0 Å². The molecule has 4 nitrogen and oxygen atoms in total. The van der Waals surface area contributed by atoms with Gasteiger partial charge in [-0.3, -0.25) is 4.79 Å². The van der Waals surface area contributed by atoms with Gasteiger partial charge in [-0.25, -0.2) is 0 Å². The van der Waals surface area contributed by atoms with Gasteiger partial charge in [0.25, 0.3) is 0 Å². The summed E-state index contributed by atoms with van der Waals surface area (Å²) in [6, 6.07) is 1.82. The maximum absolute atomic E-state index is 11.6. The molecule has 1 atom stereocenters. The molecule has 0 aliphatic carbocycles. The number of hydrogen-bond donors (Lipinski definition) is 3. The number of aromatic amines is 1. The first kappa shape index (κ1) is 12.8. The predicted molar refractivity (Wildman–Crippen MR) is 64.7 cm³/mol. The maximum Gasteiger partial charge on any atom is 0.221 e. The van der Waals surface area contributed by atoms with E-state index in [1.807, 2.05) is 39.2 Å². The first-order valence-electron chi connectivity index (χ1n) is 5.53. The zero-order chi connectivity index (χ0) is 12.2. The van der Waals surface area contributed by atoms with Crippen molar-refractivity contribution in [3.05, 3.63) is 24.0 Å². The SMILES string of the molecule is CC(C)(C)C(N)CC(=O)NCc1cc[nH]c1. The molecule has 0 aliphatic heterocycles. The van der Waals surface area contributed by atoms with E-state index in [2.05, 4.69) is 10.3 Å². The Kier molecular flexibility index (Phi) is 4.12. The minimum atomic E-state index is -0.112. The van der Waals surface area contributed by atoms with Gasteiger partial charge in [0.1, 0.15) is 0 Å². The number of aromatic nitrogens is 1. The number of H-pyrrole nitrogens is 1. The number of carbonyl (C=O) groups is 1. The van der Waals surface area contributed by atoms with Crippen LogP contribution in [0.25, 0.3) is 0 Å². The van der Waals surface area contributed by atoms with Gasteiger partial charge in [0, 0.05) is 31.4 Å². The lowest BCUT2D eigenvalue weighted by atomic mass is 9.85. The number of carbonyl (C=O) groups excluding carboxylic acids is 1. The summed E-state index contributed by atoms with van der Waals surface area (Å²) >= 11 is 0. The van der Waals surface area contributed by atoms with E-state index < -0.39 is 0 Å². The van der Waals surface area contributed by atoms with Crippen LogP contribution in [0.2, 0.25) is 0 Å². The van der Waals surface area contributed by atoms with Gasteiger partial charge in [0.2, 0.25) is 5.91 Å². The zero-order valence-electron chi connectivity index (χ0n) is 10.2. The van der Waals surface area contributed by atoms with E-state index >= 15 is 0 Å². The molecule has 4 heteroatoms. The van der Waals surface area contributed by atoms with E-state index in [0.717, 1.165) is 5.56 Å². The monoisotopic (exact) mass is 223 g/mol. The number of nitrogens with one attached hydrogen (secondary N) is 2. The summed E-state index contributed by atoms with van der Waals surface area (Å²) in [5.74, 6) is 0.00336. The van der Waals surface area contributed by atoms with Crippen LogP contribution in [0.3, 0.4) is 0 Å². The van der Waals surface area contributed by atoms with Crippen molar-refractivity contribution in [2.24, 2.45) is 11.1 Å². The minimum Gasteiger partial charge on any atom is -0.367 e. The fourth-order valence-corrected chi connectivity index (χ4v) is 1.25. The molecule has 0 radical (unpaired) electrons. The summed E-state index contributed by atoms with van der Waals surface area (Å²) in [6.45, 7) is 6.67. The van der Waals surface area contributed by atoms with Crippen molar-refractivity contribution >= 4 is 5.91 Å². The average molecular weight is 223 g/mol. The van der Waals surface area contributed by atoms with Crippen molar-refractivity contribution in [2.45, 2.75) is 39.8 Å². The lowest BCUT2D eigenvalue weighted by Crippen LogP contribution is -2.39. The molecule has 1 heterocycles. The fourth-order valence-electron chi connectivity index (χ4n) is 1.25. The Bertz CT molecular complexity index is 325. The molecule has 0 spiro atoms. The fraction of sp³-hybridized carbons (Fsp3) is 0.583. The second-order valence-electron chi connectivity index (χ2n) is 5.17. The Labute approximate surface area is 96.6 Å². The van der Waals surface area contributed by atoms with Gasteiger partial charge in [-0.05, 0) is 17.0 Å². The van der Waals surface area contributed by atoms with Crippen molar-refractivity contribution in [3.63, 3.8) is 0 Å². The molecule has 16 heavy (non-hydrogen) atoms. The maximum atomic E-state index is 11.6. The topological polar surface area (TPSA) is 70.9 Å². The molecule has 1 amide bonds. The molecule has 1 aromatic heterocycles. The Hall–Kier alpha value is -1.29. The van der Waals surface area contributed by atoms with Crippen molar-refractivity contribution in [3.8, 4) is 0 Å². The predicted octanol–water partition coefficient (Wildman–Crippen LogP) is 1.39. The van der Waals surface area contributed by atoms with Crippen LogP contribution in [-0.2, 0) is 11.3 Å². The van der Waals surface area contributed by atoms with E-state index in [4.69, 9.17) is 5.73 Å². The Morgan fingerprint density at radius 2 is 2.25 bits per heavy atom. The van der Waals surface area contributed by atoms with Crippen LogP contribution in [0.1, 0.15) is 32.8 Å². The first-order valence-corrected chi connectivity index (χ1v) is 5.53. The van der Waals surface area contributed by atoms with E-state index in [9.17, 15) is 4.79 Å². The third kappa shape index (κ3) is 4.06. The van der Waals surface area contributed by atoms with Gasteiger partial charge in [0.15, 0.2) is 0 Å². The van der Waals surface area contributed by atoms with Gasteiger partial charge in [-0.15, -0.1) is 0 Å². The second kappa shape index (κ2) is 5.16. The van der Waals surface area contributed by atoms with E-state index in [-0.39, 0.29) is 17.4 Å². The highest BCUT2D eigenvalue weighted by Gasteiger charge is 2.22. The minimum absolute atomic E-state index is 0.00336. The van der Waals surface area contributed by atoms with Crippen LogP contribution in [0.15, 0.2) is 18.5 Å². The van der Waals surface area contributed by atoms with Crippen LogP contribution >= 0.6 is 0 Å². The quantitative estimate of drug-likeness (QED) is 0.722. The van der Waals surface area contributed by atoms with Crippen LogP contribution < -0.4 is 11.1 Å². The standard InChI is InChI=1S/C12H21N3O/c1-12(2,3)10(13)6-11(16)15-8-9-4-5-14-7-9/h4-5,7,10,14H,6,8,13H2,1-3H3,(H,15,16). The lowest BCUT2D eigenvalue weighted by Gasteiger charge is -2.26. The summed E-state index contributed by atoms with van der Waals surface area (Å²) in [5, 5.41) is 2.85. The zero-order valence-corrected chi connectivity index (χ0v) is 10.2.